The lowest BCUT2D eigenvalue weighted by atomic mass is 9.93. The zero-order valence-electron chi connectivity index (χ0n) is 12.5. The molecule has 2 atom stereocenters. The van der Waals surface area contributed by atoms with Gasteiger partial charge in [-0.05, 0) is 49.8 Å². The third-order valence-corrected chi connectivity index (χ3v) is 3.79. The van der Waals surface area contributed by atoms with Gasteiger partial charge in [0, 0.05) is 6.04 Å². The molecular weight excluding hydrogens is 218 g/mol. The van der Waals surface area contributed by atoms with Gasteiger partial charge >= 0.3 is 0 Å². The molecule has 0 aliphatic heterocycles. The van der Waals surface area contributed by atoms with Gasteiger partial charge in [-0.15, -0.1) is 0 Å². The molecule has 2 unspecified atom stereocenters. The van der Waals surface area contributed by atoms with E-state index in [9.17, 15) is 0 Å². The average Bonchev–Trinajstić information content (AvgIpc) is 2.38. The molecule has 0 fully saturated rings. The van der Waals surface area contributed by atoms with Crippen LogP contribution < -0.4 is 5.32 Å². The van der Waals surface area contributed by atoms with Gasteiger partial charge in [-0.1, -0.05) is 51.5 Å². The van der Waals surface area contributed by atoms with Gasteiger partial charge in [0.1, 0.15) is 0 Å². The van der Waals surface area contributed by atoms with E-state index < -0.39 is 0 Å². The van der Waals surface area contributed by atoms with E-state index in [1.165, 1.54) is 30.4 Å². The second-order valence-corrected chi connectivity index (χ2v) is 5.53. The first-order chi connectivity index (χ1) is 8.67. The number of aryl methyl sites for hydroxylation is 1. The number of nitrogens with one attached hydrogen (secondary N) is 1. The van der Waals surface area contributed by atoms with Crippen molar-refractivity contribution >= 4 is 0 Å². The van der Waals surface area contributed by atoms with E-state index in [-0.39, 0.29) is 0 Å². The summed E-state index contributed by atoms with van der Waals surface area (Å²) < 4.78 is 0. The molecule has 0 radical (unpaired) electrons. The Balaban J connectivity index is 2.62. The molecule has 0 heterocycles. The summed E-state index contributed by atoms with van der Waals surface area (Å²) in [4.78, 5) is 0. The van der Waals surface area contributed by atoms with Gasteiger partial charge in [-0.2, -0.15) is 0 Å². The SMILES string of the molecule is CCCNC(Cc1ccccc1C)CC(C)CC. The summed E-state index contributed by atoms with van der Waals surface area (Å²) in [7, 11) is 0. The van der Waals surface area contributed by atoms with Crippen LogP contribution in [0.4, 0.5) is 0 Å². The number of rotatable bonds is 8. The largest absolute Gasteiger partial charge is 0.314 e. The van der Waals surface area contributed by atoms with Crippen molar-refractivity contribution in [3.63, 3.8) is 0 Å². The Kier molecular flexibility index (Phi) is 7.04. The number of hydrogen-bond donors (Lipinski definition) is 1. The zero-order chi connectivity index (χ0) is 13.4. The van der Waals surface area contributed by atoms with E-state index in [0.717, 1.165) is 18.9 Å². The maximum absolute atomic E-state index is 3.71. The van der Waals surface area contributed by atoms with Crippen LogP contribution in [0.5, 0.6) is 0 Å². The summed E-state index contributed by atoms with van der Waals surface area (Å²) in [5.41, 5.74) is 2.92. The lowest BCUT2D eigenvalue weighted by Crippen LogP contribution is -2.33. The van der Waals surface area contributed by atoms with Crippen LogP contribution in [0, 0.1) is 12.8 Å². The van der Waals surface area contributed by atoms with Crippen LogP contribution in [0.15, 0.2) is 24.3 Å². The second kappa shape index (κ2) is 8.31. The average molecular weight is 247 g/mol. The minimum atomic E-state index is 0.626. The first kappa shape index (κ1) is 15.2. The van der Waals surface area contributed by atoms with Gasteiger partial charge in [-0.3, -0.25) is 0 Å². The van der Waals surface area contributed by atoms with Crippen molar-refractivity contribution in [2.24, 2.45) is 5.92 Å². The summed E-state index contributed by atoms with van der Waals surface area (Å²) in [6.45, 7) is 10.2. The van der Waals surface area contributed by atoms with Crippen LogP contribution in [-0.2, 0) is 6.42 Å². The van der Waals surface area contributed by atoms with Crippen LogP contribution in [-0.4, -0.2) is 12.6 Å². The molecule has 0 saturated carbocycles. The molecule has 0 aromatic heterocycles. The Morgan fingerprint density at radius 2 is 1.89 bits per heavy atom. The van der Waals surface area contributed by atoms with Gasteiger partial charge in [0.15, 0.2) is 0 Å². The molecule has 0 bridgehead atoms. The van der Waals surface area contributed by atoms with E-state index in [2.05, 4.69) is 57.3 Å². The molecule has 102 valence electrons. The predicted molar refractivity (Wildman–Crippen MR) is 81.0 cm³/mol. The van der Waals surface area contributed by atoms with Crippen LogP contribution >= 0.6 is 0 Å². The summed E-state index contributed by atoms with van der Waals surface area (Å²) >= 11 is 0. The van der Waals surface area contributed by atoms with Crippen LogP contribution in [0.25, 0.3) is 0 Å². The van der Waals surface area contributed by atoms with Crippen molar-refractivity contribution in [2.75, 3.05) is 6.54 Å². The quantitative estimate of drug-likeness (QED) is 0.720. The number of benzene rings is 1. The summed E-state index contributed by atoms with van der Waals surface area (Å²) in [6, 6.07) is 9.40. The molecule has 1 aromatic carbocycles. The Hall–Kier alpha value is -0.820. The first-order valence-corrected chi connectivity index (χ1v) is 7.45. The van der Waals surface area contributed by atoms with E-state index in [1.807, 2.05) is 0 Å². The van der Waals surface area contributed by atoms with Gasteiger partial charge < -0.3 is 5.32 Å². The topological polar surface area (TPSA) is 12.0 Å². The molecule has 0 aliphatic rings. The van der Waals surface area contributed by atoms with E-state index >= 15 is 0 Å². The lowest BCUT2D eigenvalue weighted by molar-refractivity contribution is 0.391. The molecule has 18 heavy (non-hydrogen) atoms. The van der Waals surface area contributed by atoms with Gasteiger partial charge in [0.25, 0.3) is 0 Å². The van der Waals surface area contributed by atoms with Crippen LogP contribution in [0.2, 0.25) is 0 Å². The maximum atomic E-state index is 3.71. The molecule has 0 aliphatic carbocycles. The molecule has 1 heteroatoms. The third kappa shape index (κ3) is 5.22. The standard InChI is InChI=1S/C17H29N/c1-5-11-18-17(12-14(3)6-2)13-16-10-8-7-9-15(16)4/h7-10,14,17-18H,5-6,11-13H2,1-4H3. The summed E-state index contributed by atoms with van der Waals surface area (Å²) in [5, 5.41) is 3.71. The highest BCUT2D eigenvalue weighted by atomic mass is 14.9. The van der Waals surface area contributed by atoms with Crippen molar-refractivity contribution in [2.45, 2.75) is 59.4 Å². The Labute approximate surface area is 113 Å². The van der Waals surface area contributed by atoms with E-state index in [4.69, 9.17) is 0 Å². The van der Waals surface area contributed by atoms with Gasteiger partial charge in [0.05, 0.1) is 0 Å². The fraction of sp³-hybridized carbons (Fsp3) is 0.647. The molecule has 0 amide bonds. The summed E-state index contributed by atoms with van der Waals surface area (Å²) in [6.07, 6.45) is 4.94. The third-order valence-electron chi connectivity index (χ3n) is 3.79. The van der Waals surface area contributed by atoms with Crippen molar-refractivity contribution in [3.05, 3.63) is 35.4 Å². The molecule has 1 nitrogen and oxygen atoms in total. The Bertz CT molecular complexity index is 332. The van der Waals surface area contributed by atoms with Crippen molar-refractivity contribution in [3.8, 4) is 0 Å². The zero-order valence-corrected chi connectivity index (χ0v) is 12.5. The normalized spacial score (nSPS) is 14.4. The molecule has 0 saturated heterocycles. The Morgan fingerprint density at radius 1 is 1.17 bits per heavy atom. The second-order valence-electron chi connectivity index (χ2n) is 5.53. The van der Waals surface area contributed by atoms with Crippen molar-refractivity contribution in [1.29, 1.82) is 0 Å². The lowest BCUT2D eigenvalue weighted by Gasteiger charge is -2.22. The number of hydrogen-bond acceptors (Lipinski definition) is 1. The molecule has 1 rings (SSSR count). The molecule has 1 aromatic rings. The van der Waals surface area contributed by atoms with Gasteiger partial charge in [0.2, 0.25) is 0 Å². The van der Waals surface area contributed by atoms with Crippen LogP contribution in [0.1, 0.15) is 51.2 Å². The van der Waals surface area contributed by atoms with E-state index in [0.29, 0.717) is 6.04 Å². The predicted octanol–water partition coefficient (Wildman–Crippen LogP) is 4.34. The smallest absolute Gasteiger partial charge is 0.0110 e. The Morgan fingerprint density at radius 3 is 2.50 bits per heavy atom. The molecule has 0 spiro atoms. The summed E-state index contributed by atoms with van der Waals surface area (Å²) in [5.74, 6) is 0.809. The highest BCUT2D eigenvalue weighted by Gasteiger charge is 2.13. The fourth-order valence-electron chi connectivity index (χ4n) is 2.34. The minimum absolute atomic E-state index is 0.626. The highest BCUT2D eigenvalue weighted by Crippen LogP contribution is 2.16. The van der Waals surface area contributed by atoms with Gasteiger partial charge in [-0.25, -0.2) is 0 Å². The maximum Gasteiger partial charge on any atom is 0.0110 e. The monoisotopic (exact) mass is 247 g/mol. The van der Waals surface area contributed by atoms with Crippen LogP contribution in [0.3, 0.4) is 0 Å². The molecular formula is C17H29N. The van der Waals surface area contributed by atoms with Crippen molar-refractivity contribution < 1.29 is 0 Å². The van der Waals surface area contributed by atoms with E-state index in [1.54, 1.807) is 0 Å². The first-order valence-electron chi connectivity index (χ1n) is 7.45. The fourth-order valence-corrected chi connectivity index (χ4v) is 2.34. The molecule has 1 N–H and O–H groups in total. The van der Waals surface area contributed by atoms with Crippen molar-refractivity contribution in [1.82, 2.24) is 5.32 Å². The minimum Gasteiger partial charge on any atom is -0.314 e. The highest BCUT2D eigenvalue weighted by molar-refractivity contribution is 5.26.